The summed E-state index contributed by atoms with van der Waals surface area (Å²) >= 11 is 5.06. The summed E-state index contributed by atoms with van der Waals surface area (Å²) in [7, 11) is 1.58. The highest BCUT2D eigenvalue weighted by Gasteiger charge is 2.13. The molecule has 0 radical (unpaired) electrons. The highest BCUT2D eigenvalue weighted by Crippen LogP contribution is 2.32. The summed E-state index contributed by atoms with van der Waals surface area (Å²) in [6.45, 7) is 0.970. The fraction of sp³-hybridized carbons (Fsp3) is 0.333. The number of hydrogen-bond donors (Lipinski definition) is 3. The maximum atomic E-state index is 11.0. The van der Waals surface area contributed by atoms with Gasteiger partial charge in [0.15, 0.2) is 16.6 Å². The normalized spacial score (nSPS) is 11.8. The minimum Gasteiger partial charge on any atom is -0.454 e. The predicted molar refractivity (Wildman–Crippen MR) is 74.1 cm³/mol. The third-order valence-electron chi connectivity index (χ3n) is 2.58. The molecule has 0 aliphatic carbocycles. The second kappa shape index (κ2) is 6.24. The lowest BCUT2D eigenvalue weighted by Gasteiger charge is -2.10. The van der Waals surface area contributed by atoms with Gasteiger partial charge in [-0.3, -0.25) is 4.79 Å². The van der Waals surface area contributed by atoms with Crippen molar-refractivity contribution in [3.63, 3.8) is 0 Å². The van der Waals surface area contributed by atoms with E-state index in [4.69, 9.17) is 21.7 Å². The molecule has 0 spiro atoms. The van der Waals surface area contributed by atoms with E-state index >= 15 is 0 Å². The highest BCUT2D eigenvalue weighted by molar-refractivity contribution is 7.80. The third kappa shape index (κ3) is 3.72. The first-order valence-corrected chi connectivity index (χ1v) is 6.20. The van der Waals surface area contributed by atoms with Crippen molar-refractivity contribution in [2.24, 2.45) is 0 Å². The maximum Gasteiger partial charge on any atom is 0.239 e. The molecule has 0 saturated carbocycles. The van der Waals surface area contributed by atoms with Gasteiger partial charge in [-0.1, -0.05) is 6.07 Å². The number of carbonyl (C=O) groups is 1. The molecule has 19 heavy (non-hydrogen) atoms. The van der Waals surface area contributed by atoms with Crippen LogP contribution in [0.2, 0.25) is 0 Å². The van der Waals surface area contributed by atoms with Gasteiger partial charge in [0, 0.05) is 13.6 Å². The molecule has 0 unspecified atom stereocenters. The largest absolute Gasteiger partial charge is 0.454 e. The molecule has 1 aliphatic rings. The van der Waals surface area contributed by atoms with Crippen LogP contribution >= 0.6 is 12.2 Å². The zero-order valence-electron chi connectivity index (χ0n) is 10.5. The van der Waals surface area contributed by atoms with Gasteiger partial charge in [-0.15, -0.1) is 0 Å². The van der Waals surface area contributed by atoms with Crippen molar-refractivity contribution in [2.45, 2.75) is 6.54 Å². The molecule has 0 aromatic heterocycles. The molecular formula is C12H15N3O3S. The molecule has 2 rings (SSSR count). The Morgan fingerprint density at radius 1 is 1.32 bits per heavy atom. The van der Waals surface area contributed by atoms with E-state index in [1.54, 1.807) is 7.05 Å². The molecule has 1 aromatic rings. The van der Waals surface area contributed by atoms with Crippen molar-refractivity contribution in [3.8, 4) is 11.5 Å². The van der Waals surface area contributed by atoms with Crippen LogP contribution in [-0.2, 0) is 11.3 Å². The Kier molecular flexibility index (Phi) is 4.40. The van der Waals surface area contributed by atoms with E-state index in [0.29, 0.717) is 11.7 Å². The van der Waals surface area contributed by atoms with E-state index in [2.05, 4.69) is 16.0 Å². The number of nitrogens with one attached hydrogen (secondary N) is 3. The Hall–Kier alpha value is -2.02. The van der Waals surface area contributed by atoms with Gasteiger partial charge in [0.25, 0.3) is 0 Å². The highest BCUT2D eigenvalue weighted by atomic mass is 32.1. The number of ether oxygens (including phenoxy) is 2. The summed E-state index contributed by atoms with van der Waals surface area (Å²) in [5, 5.41) is 8.76. The zero-order valence-corrected chi connectivity index (χ0v) is 11.3. The first-order valence-electron chi connectivity index (χ1n) is 5.80. The number of hydrogen-bond acceptors (Lipinski definition) is 4. The van der Waals surface area contributed by atoms with Crippen LogP contribution in [0.5, 0.6) is 11.5 Å². The second-order valence-corrected chi connectivity index (χ2v) is 4.31. The lowest BCUT2D eigenvalue weighted by molar-refractivity contribution is -0.119. The average molecular weight is 281 g/mol. The molecule has 6 nitrogen and oxygen atoms in total. The van der Waals surface area contributed by atoms with Gasteiger partial charge < -0.3 is 25.4 Å². The summed E-state index contributed by atoms with van der Waals surface area (Å²) in [4.78, 5) is 11.0. The topological polar surface area (TPSA) is 71.6 Å². The number of thiocarbonyl (C=S) groups is 1. The van der Waals surface area contributed by atoms with Crippen LogP contribution in [0, 0.1) is 0 Å². The molecule has 0 saturated heterocycles. The van der Waals surface area contributed by atoms with E-state index in [1.807, 2.05) is 18.2 Å². The minimum atomic E-state index is -0.118. The van der Waals surface area contributed by atoms with Crippen LogP contribution in [0.3, 0.4) is 0 Å². The number of fused-ring (bicyclic) bond motifs is 1. The summed E-state index contributed by atoms with van der Waals surface area (Å²) in [6, 6.07) is 5.69. The molecule has 1 aliphatic heterocycles. The second-order valence-electron chi connectivity index (χ2n) is 3.90. The summed E-state index contributed by atoms with van der Waals surface area (Å²) in [6.07, 6.45) is 0. The minimum absolute atomic E-state index is 0.118. The van der Waals surface area contributed by atoms with Gasteiger partial charge in [0.1, 0.15) is 0 Å². The standard InChI is InChI=1S/C12H15N3O3S/c1-13-11(16)6-15-12(19)14-5-8-2-3-9-10(4-8)18-7-17-9/h2-4H,5-7H2,1H3,(H,13,16)(H2,14,15,19). The first kappa shape index (κ1) is 13.4. The third-order valence-corrected chi connectivity index (χ3v) is 2.87. The summed E-state index contributed by atoms with van der Waals surface area (Å²) in [5.74, 6) is 1.37. The lowest BCUT2D eigenvalue weighted by atomic mass is 10.2. The van der Waals surface area contributed by atoms with Crippen LogP contribution < -0.4 is 25.4 Å². The quantitative estimate of drug-likeness (QED) is 0.681. The van der Waals surface area contributed by atoms with Gasteiger partial charge >= 0.3 is 0 Å². The average Bonchev–Trinajstić information content (AvgIpc) is 2.89. The molecule has 0 fully saturated rings. The van der Waals surface area contributed by atoms with Gasteiger partial charge in [0.05, 0.1) is 6.54 Å². The van der Waals surface area contributed by atoms with Gasteiger partial charge in [-0.2, -0.15) is 0 Å². The van der Waals surface area contributed by atoms with E-state index in [-0.39, 0.29) is 19.2 Å². The van der Waals surface area contributed by atoms with Gasteiger partial charge in [-0.05, 0) is 29.9 Å². The summed E-state index contributed by atoms with van der Waals surface area (Å²) in [5.41, 5.74) is 1.02. The van der Waals surface area contributed by atoms with Crippen LogP contribution in [0.1, 0.15) is 5.56 Å². The number of amides is 1. The Balaban J connectivity index is 1.79. The van der Waals surface area contributed by atoms with E-state index in [9.17, 15) is 4.79 Å². The molecule has 1 heterocycles. The van der Waals surface area contributed by atoms with Crippen molar-refractivity contribution in [2.75, 3.05) is 20.4 Å². The smallest absolute Gasteiger partial charge is 0.239 e. The van der Waals surface area contributed by atoms with Crippen LogP contribution in [-0.4, -0.2) is 31.4 Å². The molecule has 1 amide bonds. The zero-order chi connectivity index (χ0) is 13.7. The van der Waals surface area contributed by atoms with Crippen molar-refractivity contribution in [1.82, 2.24) is 16.0 Å². The number of carbonyl (C=O) groups excluding carboxylic acids is 1. The Morgan fingerprint density at radius 2 is 2.11 bits per heavy atom. The van der Waals surface area contributed by atoms with Gasteiger partial charge in [0.2, 0.25) is 12.7 Å². The first-order chi connectivity index (χ1) is 9.19. The Morgan fingerprint density at radius 3 is 2.89 bits per heavy atom. The van der Waals surface area contributed by atoms with Gasteiger partial charge in [-0.25, -0.2) is 0 Å². The van der Waals surface area contributed by atoms with E-state index in [0.717, 1.165) is 17.1 Å². The van der Waals surface area contributed by atoms with Crippen LogP contribution in [0.15, 0.2) is 18.2 Å². The molecule has 0 atom stereocenters. The molecule has 102 valence electrons. The van der Waals surface area contributed by atoms with Crippen LogP contribution in [0.4, 0.5) is 0 Å². The molecular weight excluding hydrogens is 266 g/mol. The molecule has 7 heteroatoms. The fourth-order valence-electron chi connectivity index (χ4n) is 1.54. The van der Waals surface area contributed by atoms with E-state index < -0.39 is 0 Å². The summed E-state index contributed by atoms with van der Waals surface area (Å²) < 4.78 is 10.5. The maximum absolute atomic E-state index is 11.0. The Labute approximate surface area is 116 Å². The van der Waals surface area contributed by atoms with Crippen molar-refractivity contribution < 1.29 is 14.3 Å². The molecule has 3 N–H and O–H groups in total. The molecule has 1 aromatic carbocycles. The van der Waals surface area contributed by atoms with Crippen molar-refractivity contribution in [1.29, 1.82) is 0 Å². The van der Waals surface area contributed by atoms with Crippen LogP contribution in [0.25, 0.3) is 0 Å². The fourth-order valence-corrected chi connectivity index (χ4v) is 1.69. The molecule has 0 bridgehead atoms. The number of likely N-dealkylation sites (N-methyl/N-ethyl adjacent to an activating group) is 1. The Bertz CT molecular complexity index is 493. The van der Waals surface area contributed by atoms with Crippen molar-refractivity contribution in [3.05, 3.63) is 23.8 Å². The van der Waals surface area contributed by atoms with Crippen molar-refractivity contribution >= 4 is 23.2 Å². The lowest BCUT2D eigenvalue weighted by Crippen LogP contribution is -2.40. The SMILES string of the molecule is CNC(=O)CNC(=S)NCc1ccc2c(c1)OCO2. The number of benzene rings is 1. The monoisotopic (exact) mass is 281 g/mol. The number of rotatable bonds is 4. The van der Waals surface area contributed by atoms with E-state index in [1.165, 1.54) is 0 Å². The predicted octanol–water partition coefficient (Wildman–Crippen LogP) is 0.125.